The molecule has 1 amide bonds. The van der Waals surface area contributed by atoms with Crippen LogP contribution in [-0.2, 0) is 14.8 Å². The van der Waals surface area contributed by atoms with Crippen molar-refractivity contribution in [3.63, 3.8) is 0 Å². The van der Waals surface area contributed by atoms with Gasteiger partial charge < -0.3 is 19.5 Å². The molecule has 2 aliphatic rings. The Morgan fingerprint density at radius 1 is 1.09 bits per heavy atom. The molecule has 178 valence electrons. The van der Waals surface area contributed by atoms with Gasteiger partial charge >= 0.3 is 0 Å². The minimum Gasteiger partial charge on any atom is -0.492 e. The van der Waals surface area contributed by atoms with Crippen molar-refractivity contribution < 1.29 is 27.4 Å². The third-order valence-electron chi connectivity index (χ3n) is 5.76. The van der Waals surface area contributed by atoms with E-state index >= 15 is 0 Å². The van der Waals surface area contributed by atoms with E-state index in [4.69, 9.17) is 14.2 Å². The third kappa shape index (κ3) is 5.66. The summed E-state index contributed by atoms with van der Waals surface area (Å²) in [5, 5.41) is 2.79. The van der Waals surface area contributed by atoms with E-state index in [0.29, 0.717) is 43.3 Å². The lowest BCUT2D eigenvalue weighted by Crippen LogP contribution is -2.28. The van der Waals surface area contributed by atoms with Crippen LogP contribution in [0.3, 0.4) is 0 Å². The second kappa shape index (κ2) is 10.5. The van der Waals surface area contributed by atoms with E-state index in [1.165, 1.54) is 10.4 Å². The van der Waals surface area contributed by atoms with E-state index in [2.05, 4.69) is 5.32 Å². The van der Waals surface area contributed by atoms with Gasteiger partial charge in [-0.05, 0) is 75.1 Å². The number of nitrogens with zero attached hydrogens (tertiary/aromatic N) is 1. The summed E-state index contributed by atoms with van der Waals surface area (Å²) < 4.78 is 44.6. The summed E-state index contributed by atoms with van der Waals surface area (Å²) in [7, 11) is -3.70. The van der Waals surface area contributed by atoms with Gasteiger partial charge in [0.2, 0.25) is 10.0 Å². The lowest BCUT2D eigenvalue weighted by atomic mass is 10.2. The summed E-state index contributed by atoms with van der Waals surface area (Å²) in [5.41, 5.74) is 0.831. The topological polar surface area (TPSA) is 94.2 Å². The van der Waals surface area contributed by atoms with E-state index < -0.39 is 10.0 Å². The molecule has 2 heterocycles. The Kier molecular flexibility index (Phi) is 7.52. The van der Waals surface area contributed by atoms with Crippen molar-refractivity contribution >= 4 is 21.6 Å². The van der Waals surface area contributed by atoms with Crippen LogP contribution in [0.2, 0.25) is 0 Å². The highest BCUT2D eigenvalue weighted by Gasteiger charge is 2.30. The molecule has 9 heteroatoms. The molecule has 2 aliphatic heterocycles. The first kappa shape index (κ1) is 23.5. The predicted octanol–water partition coefficient (Wildman–Crippen LogP) is 3.68. The molecule has 1 N–H and O–H groups in total. The van der Waals surface area contributed by atoms with Gasteiger partial charge in [-0.15, -0.1) is 0 Å². The maximum Gasteiger partial charge on any atom is 0.255 e. The van der Waals surface area contributed by atoms with Crippen LogP contribution in [0, 0.1) is 0 Å². The van der Waals surface area contributed by atoms with Gasteiger partial charge in [0.25, 0.3) is 5.91 Å². The fraction of sp³-hybridized carbons (Fsp3) is 0.458. The van der Waals surface area contributed by atoms with E-state index in [1.54, 1.807) is 43.3 Å². The van der Waals surface area contributed by atoms with Crippen LogP contribution >= 0.6 is 0 Å². The minimum atomic E-state index is -3.70. The molecule has 1 atom stereocenters. The number of sulfonamides is 1. The molecule has 0 radical (unpaired) electrons. The molecule has 0 saturated carbocycles. The van der Waals surface area contributed by atoms with E-state index in [9.17, 15) is 13.2 Å². The van der Waals surface area contributed by atoms with Gasteiger partial charge in [0.15, 0.2) is 0 Å². The zero-order valence-electron chi connectivity index (χ0n) is 18.8. The number of amides is 1. The normalized spacial score (nSPS) is 18.9. The Bertz CT molecular complexity index is 1060. The summed E-state index contributed by atoms with van der Waals surface area (Å²) in [5.74, 6) is 0.617. The van der Waals surface area contributed by atoms with Crippen LogP contribution in [0.25, 0.3) is 0 Å². The molecule has 2 saturated heterocycles. The zero-order chi connectivity index (χ0) is 23.3. The van der Waals surface area contributed by atoms with E-state index in [-0.39, 0.29) is 22.7 Å². The third-order valence-corrected chi connectivity index (χ3v) is 7.68. The average Bonchev–Trinajstić information content (AvgIpc) is 3.54. The summed E-state index contributed by atoms with van der Waals surface area (Å²) in [6.45, 7) is 4.40. The lowest BCUT2D eigenvalue weighted by Gasteiger charge is -2.19. The first-order valence-electron chi connectivity index (χ1n) is 11.4. The smallest absolute Gasteiger partial charge is 0.255 e. The molecule has 2 aromatic carbocycles. The molecule has 8 nitrogen and oxygen atoms in total. The fourth-order valence-corrected chi connectivity index (χ4v) is 5.67. The summed E-state index contributed by atoms with van der Waals surface area (Å²) >= 11 is 0. The molecule has 0 aromatic heterocycles. The monoisotopic (exact) mass is 474 g/mol. The van der Waals surface area contributed by atoms with Crippen molar-refractivity contribution in [2.24, 2.45) is 0 Å². The average molecular weight is 475 g/mol. The number of carbonyl (C=O) groups excluding carboxylic acids is 1. The zero-order valence-corrected chi connectivity index (χ0v) is 19.6. The van der Waals surface area contributed by atoms with Crippen LogP contribution in [0.1, 0.15) is 43.0 Å². The Labute approximate surface area is 194 Å². The molecular weight excluding hydrogens is 444 g/mol. The summed E-state index contributed by atoms with van der Waals surface area (Å²) in [6.07, 6.45) is 3.86. The Hall–Kier alpha value is -2.62. The van der Waals surface area contributed by atoms with E-state index in [1.807, 2.05) is 0 Å². The van der Waals surface area contributed by atoms with Gasteiger partial charge in [0, 0.05) is 30.9 Å². The van der Waals surface area contributed by atoms with Crippen LogP contribution in [0.15, 0.2) is 47.4 Å². The predicted molar refractivity (Wildman–Crippen MR) is 124 cm³/mol. The fourth-order valence-electron chi connectivity index (χ4n) is 4.00. The van der Waals surface area contributed by atoms with Gasteiger partial charge in [0.1, 0.15) is 23.0 Å². The van der Waals surface area contributed by atoms with Crippen molar-refractivity contribution in [1.82, 2.24) is 4.31 Å². The largest absolute Gasteiger partial charge is 0.492 e. The van der Waals surface area contributed by atoms with Crippen molar-refractivity contribution in [3.8, 4) is 11.5 Å². The van der Waals surface area contributed by atoms with Crippen molar-refractivity contribution in [3.05, 3.63) is 48.0 Å². The first-order valence-corrected chi connectivity index (χ1v) is 12.8. The van der Waals surface area contributed by atoms with Gasteiger partial charge in [-0.3, -0.25) is 4.79 Å². The molecule has 0 bridgehead atoms. The molecule has 2 fully saturated rings. The van der Waals surface area contributed by atoms with E-state index in [0.717, 1.165) is 32.3 Å². The van der Waals surface area contributed by atoms with Gasteiger partial charge in [-0.2, -0.15) is 4.31 Å². The van der Waals surface area contributed by atoms with Crippen molar-refractivity contribution in [1.29, 1.82) is 0 Å². The number of nitrogens with one attached hydrogen (secondary N) is 1. The van der Waals surface area contributed by atoms with Crippen LogP contribution in [0.5, 0.6) is 11.5 Å². The van der Waals surface area contributed by atoms with Gasteiger partial charge in [0.05, 0.1) is 12.7 Å². The number of ether oxygens (including phenoxy) is 3. The Balaban J connectivity index is 1.46. The highest BCUT2D eigenvalue weighted by atomic mass is 32.2. The van der Waals surface area contributed by atoms with Crippen LogP contribution in [-0.4, -0.2) is 57.6 Å². The molecular formula is C24H30N2O6S. The highest BCUT2D eigenvalue weighted by Crippen LogP contribution is 2.32. The number of rotatable bonds is 9. The molecule has 33 heavy (non-hydrogen) atoms. The number of carbonyl (C=O) groups is 1. The second-order valence-corrected chi connectivity index (χ2v) is 10.0. The van der Waals surface area contributed by atoms with Crippen LogP contribution in [0.4, 0.5) is 5.69 Å². The maximum absolute atomic E-state index is 13.1. The Morgan fingerprint density at radius 2 is 1.85 bits per heavy atom. The molecule has 2 aromatic rings. The van der Waals surface area contributed by atoms with Gasteiger partial charge in [-0.25, -0.2) is 8.42 Å². The SMILES string of the molecule is CCOc1ccc(NC(=O)c2ccc(OCC3CCCO3)cc2)cc1S(=O)(=O)N1CCCC1. The maximum atomic E-state index is 13.1. The van der Waals surface area contributed by atoms with Crippen molar-refractivity contribution in [2.75, 3.05) is 38.2 Å². The number of benzene rings is 2. The highest BCUT2D eigenvalue weighted by molar-refractivity contribution is 7.89. The minimum absolute atomic E-state index is 0.0712. The molecule has 1 unspecified atom stereocenters. The first-order chi connectivity index (χ1) is 16.0. The van der Waals surface area contributed by atoms with Crippen LogP contribution < -0.4 is 14.8 Å². The second-order valence-electron chi connectivity index (χ2n) is 8.13. The standard InChI is InChI=1S/C24H30N2O6S/c1-2-30-22-12-9-19(16-23(22)33(28,29)26-13-3-4-14-26)25-24(27)18-7-10-20(11-8-18)32-17-21-6-5-15-31-21/h7-12,16,21H,2-6,13-15,17H2,1H3,(H,25,27). The molecule has 0 aliphatic carbocycles. The molecule has 4 rings (SSSR count). The van der Waals surface area contributed by atoms with Crippen molar-refractivity contribution in [2.45, 2.75) is 43.6 Å². The quantitative estimate of drug-likeness (QED) is 0.596. The number of hydrogen-bond acceptors (Lipinski definition) is 6. The summed E-state index contributed by atoms with van der Waals surface area (Å²) in [6, 6.07) is 11.5. The lowest BCUT2D eigenvalue weighted by molar-refractivity contribution is 0.0679. The number of hydrogen-bond donors (Lipinski definition) is 1. The number of anilines is 1. The summed E-state index contributed by atoms with van der Waals surface area (Å²) in [4.78, 5) is 12.8. The molecule has 0 spiro atoms. The van der Waals surface area contributed by atoms with Gasteiger partial charge in [-0.1, -0.05) is 0 Å². The Morgan fingerprint density at radius 3 is 2.52 bits per heavy atom.